The van der Waals surface area contributed by atoms with Crippen molar-refractivity contribution < 1.29 is 27.4 Å². The number of methoxy groups -OCH3 is 1. The van der Waals surface area contributed by atoms with Crippen LogP contribution in [0.2, 0.25) is 10.0 Å². The average molecular weight is 625 g/mol. The van der Waals surface area contributed by atoms with Crippen LogP contribution in [0.4, 0.5) is 13.2 Å². The lowest BCUT2D eigenvalue weighted by molar-refractivity contribution is -0.138. The van der Waals surface area contributed by atoms with Crippen molar-refractivity contribution >= 4 is 29.2 Å². The average Bonchev–Trinajstić information content (AvgIpc) is 3.39. The highest BCUT2D eigenvalue weighted by Gasteiger charge is 2.36. The molecule has 5 nitrogen and oxygen atoms in total. The molecule has 0 atom stereocenters. The van der Waals surface area contributed by atoms with Gasteiger partial charge >= 0.3 is 12.1 Å². The summed E-state index contributed by atoms with van der Waals surface area (Å²) in [5.74, 6) is 0.300. The number of alkyl halides is 3. The largest absolute Gasteiger partial charge is 0.465 e. The topological polar surface area (TPSA) is 53.4 Å². The van der Waals surface area contributed by atoms with E-state index in [2.05, 4.69) is 16.2 Å². The van der Waals surface area contributed by atoms with E-state index in [4.69, 9.17) is 32.9 Å². The zero-order valence-corrected chi connectivity index (χ0v) is 24.6. The maximum Gasteiger partial charge on any atom is 0.417 e. The molecule has 0 radical (unpaired) electrons. The number of imidazole rings is 1. The Kier molecular flexibility index (Phi) is 8.80. The molecule has 1 aromatic heterocycles. The molecule has 0 aliphatic heterocycles. The van der Waals surface area contributed by atoms with E-state index < -0.39 is 23.3 Å². The quantitative estimate of drug-likeness (QED) is 0.161. The summed E-state index contributed by atoms with van der Waals surface area (Å²) in [6.07, 6.45) is -2.08. The Balaban J connectivity index is 1.29. The van der Waals surface area contributed by atoms with E-state index in [0.29, 0.717) is 22.2 Å². The molecule has 0 saturated heterocycles. The number of rotatable bonds is 8. The van der Waals surface area contributed by atoms with Crippen molar-refractivity contribution in [2.24, 2.45) is 0 Å². The van der Waals surface area contributed by atoms with Gasteiger partial charge in [-0.3, -0.25) is 0 Å². The Hall–Kier alpha value is -4.27. The normalized spacial score (nSPS) is 11.4. The van der Waals surface area contributed by atoms with Gasteiger partial charge in [0.15, 0.2) is 0 Å². The Morgan fingerprint density at radius 2 is 1.53 bits per heavy atom. The van der Waals surface area contributed by atoms with Crippen LogP contribution < -0.4 is 4.74 Å². The number of halogens is 5. The van der Waals surface area contributed by atoms with Crippen molar-refractivity contribution in [2.75, 3.05) is 7.11 Å². The summed E-state index contributed by atoms with van der Waals surface area (Å²) >= 11 is 12.5. The summed E-state index contributed by atoms with van der Waals surface area (Å²) in [6, 6.07) is 23.6. The SMILES string of the molecule is CCn1cc(-c2ccc(Cl)cc2Cl)nc1Cc1ccc(-c2ccc(Oc3ccc(C(F)(F)F)c(C(=O)OC)c3)cc2)cc1. The van der Waals surface area contributed by atoms with Crippen LogP contribution in [0.5, 0.6) is 11.5 Å². The van der Waals surface area contributed by atoms with Crippen LogP contribution in [0.3, 0.4) is 0 Å². The van der Waals surface area contributed by atoms with E-state index >= 15 is 0 Å². The maximum atomic E-state index is 13.3. The van der Waals surface area contributed by atoms with Crippen molar-refractivity contribution in [2.45, 2.75) is 26.1 Å². The molecule has 0 amide bonds. The summed E-state index contributed by atoms with van der Waals surface area (Å²) in [5.41, 5.74) is 2.90. The standard InChI is InChI=1S/C33H25Cl2F3N2O3/c1-3-40-19-30(26-14-10-23(34)17-29(26)35)39-31(40)16-20-4-6-21(7-5-20)22-8-11-24(12-9-22)43-25-13-15-28(33(36,37)38)27(18-25)32(41)42-2/h4-15,17-19H,3,16H2,1-2H3. The zero-order chi connectivity index (χ0) is 30.7. The van der Waals surface area contributed by atoms with E-state index in [1.165, 1.54) is 6.07 Å². The van der Waals surface area contributed by atoms with Gasteiger partial charge < -0.3 is 14.0 Å². The molecule has 0 aliphatic carbocycles. The first kappa shape index (κ1) is 30.2. The summed E-state index contributed by atoms with van der Waals surface area (Å²) in [6.45, 7) is 2.82. The highest BCUT2D eigenvalue weighted by atomic mass is 35.5. The number of nitrogens with zero attached hydrogens (tertiary/aromatic N) is 2. The molecule has 0 N–H and O–H groups in total. The number of carbonyl (C=O) groups excluding carboxylic acids is 1. The molecule has 0 bridgehead atoms. The van der Waals surface area contributed by atoms with Gasteiger partial charge in [-0.1, -0.05) is 59.6 Å². The lowest BCUT2D eigenvalue weighted by Gasteiger charge is -2.13. The minimum absolute atomic E-state index is 0.0810. The molecule has 0 saturated carbocycles. The van der Waals surface area contributed by atoms with Crippen molar-refractivity contribution in [3.8, 4) is 33.9 Å². The third-order valence-electron chi connectivity index (χ3n) is 6.85. The Morgan fingerprint density at radius 3 is 2.14 bits per heavy atom. The van der Waals surface area contributed by atoms with Gasteiger partial charge in [0.1, 0.15) is 17.3 Å². The van der Waals surface area contributed by atoms with Crippen LogP contribution in [-0.2, 0) is 23.9 Å². The van der Waals surface area contributed by atoms with E-state index in [1.807, 2.05) is 48.7 Å². The molecule has 1 heterocycles. The molecule has 5 aromatic rings. The van der Waals surface area contributed by atoms with Gasteiger partial charge in [-0.05, 0) is 72.1 Å². The number of esters is 1. The molecule has 5 rings (SSSR count). The Bertz CT molecular complexity index is 1770. The van der Waals surface area contributed by atoms with Gasteiger partial charge in [-0.25, -0.2) is 9.78 Å². The second-order valence-corrected chi connectivity index (χ2v) is 10.5. The molecular formula is C33H25Cl2F3N2O3. The highest BCUT2D eigenvalue weighted by Crippen LogP contribution is 2.36. The third-order valence-corrected chi connectivity index (χ3v) is 7.40. The molecule has 0 spiro atoms. The number of carbonyl (C=O) groups is 1. The molecule has 0 aliphatic rings. The van der Waals surface area contributed by atoms with Crippen LogP contribution in [0.15, 0.2) is 91.1 Å². The van der Waals surface area contributed by atoms with Gasteiger partial charge in [-0.2, -0.15) is 13.2 Å². The van der Waals surface area contributed by atoms with Crippen LogP contribution in [-0.4, -0.2) is 22.6 Å². The Labute approximate surface area is 256 Å². The summed E-state index contributed by atoms with van der Waals surface area (Å²) in [5, 5.41) is 1.12. The first-order chi connectivity index (χ1) is 20.5. The van der Waals surface area contributed by atoms with Gasteiger partial charge in [0.25, 0.3) is 0 Å². The molecule has 0 fully saturated rings. The van der Waals surface area contributed by atoms with Gasteiger partial charge in [0.2, 0.25) is 0 Å². The number of hydrogen-bond donors (Lipinski definition) is 0. The highest BCUT2D eigenvalue weighted by molar-refractivity contribution is 6.36. The number of ether oxygens (including phenoxy) is 2. The second kappa shape index (κ2) is 12.5. The lowest BCUT2D eigenvalue weighted by atomic mass is 10.0. The minimum Gasteiger partial charge on any atom is -0.465 e. The zero-order valence-electron chi connectivity index (χ0n) is 23.1. The van der Waals surface area contributed by atoms with Crippen molar-refractivity contribution in [3.63, 3.8) is 0 Å². The molecule has 0 unspecified atom stereocenters. The van der Waals surface area contributed by atoms with Crippen molar-refractivity contribution in [1.29, 1.82) is 0 Å². The van der Waals surface area contributed by atoms with Crippen molar-refractivity contribution in [3.05, 3.63) is 124 Å². The number of benzene rings is 4. The van der Waals surface area contributed by atoms with Crippen molar-refractivity contribution in [1.82, 2.24) is 9.55 Å². The smallest absolute Gasteiger partial charge is 0.417 e. The fourth-order valence-electron chi connectivity index (χ4n) is 4.66. The molecule has 10 heteroatoms. The fourth-order valence-corrected chi connectivity index (χ4v) is 5.16. The predicted molar refractivity (Wildman–Crippen MR) is 161 cm³/mol. The van der Waals surface area contributed by atoms with Gasteiger partial charge in [0.05, 0.1) is 29.0 Å². The molecular weight excluding hydrogens is 600 g/mol. The lowest BCUT2D eigenvalue weighted by Crippen LogP contribution is -2.14. The summed E-state index contributed by atoms with van der Waals surface area (Å²) in [4.78, 5) is 16.8. The van der Waals surface area contributed by atoms with E-state index in [0.717, 1.165) is 59.6 Å². The monoisotopic (exact) mass is 624 g/mol. The van der Waals surface area contributed by atoms with Crippen LogP contribution in [0, 0.1) is 0 Å². The summed E-state index contributed by atoms with van der Waals surface area (Å²) < 4.78 is 52.3. The minimum atomic E-state index is -4.70. The number of hydrogen-bond acceptors (Lipinski definition) is 4. The molecule has 43 heavy (non-hydrogen) atoms. The van der Waals surface area contributed by atoms with E-state index in [-0.39, 0.29) is 5.75 Å². The maximum absolute atomic E-state index is 13.3. The third kappa shape index (κ3) is 6.87. The van der Waals surface area contributed by atoms with Gasteiger partial charge in [0, 0.05) is 29.7 Å². The van der Waals surface area contributed by atoms with Gasteiger partial charge in [-0.15, -0.1) is 0 Å². The first-order valence-corrected chi connectivity index (χ1v) is 14.0. The Morgan fingerprint density at radius 1 is 0.884 bits per heavy atom. The number of aryl methyl sites for hydroxylation is 1. The van der Waals surface area contributed by atoms with E-state index in [1.54, 1.807) is 24.3 Å². The first-order valence-electron chi connectivity index (χ1n) is 13.2. The number of aromatic nitrogens is 2. The van der Waals surface area contributed by atoms with E-state index in [9.17, 15) is 18.0 Å². The molecule has 220 valence electrons. The fraction of sp³-hybridized carbons (Fsp3) is 0.152. The van der Waals surface area contributed by atoms with Crippen LogP contribution in [0.1, 0.15) is 34.2 Å². The van der Waals surface area contributed by atoms with Crippen LogP contribution in [0.25, 0.3) is 22.4 Å². The van der Waals surface area contributed by atoms with Crippen LogP contribution >= 0.6 is 23.2 Å². The summed E-state index contributed by atoms with van der Waals surface area (Å²) in [7, 11) is 1.02. The second-order valence-electron chi connectivity index (χ2n) is 9.65. The predicted octanol–water partition coefficient (Wildman–Crippen LogP) is 9.73. The molecule has 4 aromatic carbocycles.